The molecule has 0 atom stereocenters. The summed E-state index contributed by atoms with van der Waals surface area (Å²) in [4.78, 5) is 9.03. The molecule has 5 heteroatoms. The van der Waals surface area contributed by atoms with Crippen LogP contribution in [0.25, 0.3) is 28.3 Å². The van der Waals surface area contributed by atoms with Crippen LogP contribution in [-0.2, 0) is 13.6 Å². The summed E-state index contributed by atoms with van der Waals surface area (Å²) in [5, 5.41) is 0. The SMILES string of the molecule is C[n+]1c2n(c3nc4ccccn4c31)Cc1ccncc1-2. The molecule has 0 aliphatic carbocycles. The van der Waals surface area contributed by atoms with Crippen molar-refractivity contribution >= 4 is 16.9 Å². The molecule has 0 spiro atoms. The van der Waals surface area contributed by atoms with Crippen molar-refractivity contribution in [1.82, 2.24) is 18.9 Å². The van der Waals surface area contributed by atoms with E-state index in [2.05, 4.69) is 37.8 Å². The lowest BCUT2D eigenvalue weighted by molar-refractivity contribution is -0.636. The van der Waals surface area contributed by atoms with Crippen LogP contribution < -0.4 is 4.57 Å². The molecule has 0 fully saturated rings. The van der Waals surface area contributed by atoms with Crippen LogP contribution >= 0.6 is 0 Å². The fourth-order valence-electron chi connectivity index (χ4n) is 3.25. The second kappa shape index (κ2) is 3.25. The molecular weight excluding hydrogens is 250 g/mol. The molecule has 0 unspecified atom stereocenters. The van der Waals surface area contributed by atoms with Gasteiger partial charge in [-0.15, -0.1) is 0 Å². The predicted octanol–water partition coefficient (Wildman–Crippen LogP) is 1.54. The van der Waals surface area contributed by atoms with Gasteiger partial charge in [0.25, 0.3) is 11.3 Å². The highest BCUT2D eigenvalue weighted by molar-refractivity contribution is 5.77. The minimum Gasteiger partial charge on any atom is -0.264 e. The van der Waals surface area contributed by atoms with Gasteiger partial charge in [0.2, 0.25) is 5.82 Å². The van der Waals surface area contributed by atoms with Gasteiger partial charge in [-0.1, -0.05) is 6.07 Å². The molecule has 0 radical (unpaired) electrons. The summed E-state index contributed by atoms with van der Waals surface area (Å²) < 4.78 is 6.62. The van der Waals surface area contributed by atoms with Crippen LogP contribution in [0.2, 0.25) is 0 Å². The van der Waals surface area contributed by atoms with Crippen LogP contribution in [0.1, 0.15) is 5.56 Å². The topological polar surface area (TPSA) is 39.0 Å². The zero-order valence-electron chi connectivity index (χ0n) is 11.0. The van der Waals surface area contributed by atoms with Crippen LogP contribution in [0.4, 0.5) is 0 Å². The molecule has 1 aliphatic heterocycles. The third-order valence-corrected chi connectivity index (χ3v) is 4.11. The predicted molar refractivity (Wildman–Crippen MR) is 74.2 cm³/mol. The maximum atomic E-state index is 4.78. The standard InChI is InChI=1S/C15H12N5/c1-18-14-11-8-16-6-5-10(11)9-20(14)13-15(18)19-7-3-2-4-12(19)17-13/h2-8H,9H2,1H3/q+1. The number of aromatic nitrogens is 5. The van der Waals surface area contributed by atoms with Gasteiger partial charge in [0.1, 0.15) is 0 Å². The van der Waals surface area contributed by atoms with E-state index < -0.39 is 0 Å². The zero-order valence-corrected chi connectivity index (χ0v) is 11.0. The Hall–Kier alpha value is -2.69. The lowest BCUT2D eigenvalue weighted by Crippen LogP contribution is -2.30. The summed E-state index contributed by atoms with van der Waals surface area (Å²) >= 11 is 0. The smallest absolute Gasteiger partial charge is 0.264 e. The van der Waals surface area contributed by atoms with Gasteiger partial charge in [-0.25, -0.2) is 13.5 Å². The van der Waals surface area contributed by atoms with Crippen LogP contribution in [-0.4, -0.2) is 18.9 Å². The minimum atomic E-state index is 0.869. The Kier molecular flexibility index (Phi) is 1.65. The van der Waals surface area contributed by atoms with Crippen molar-refractivity contribution in [2.24, 2.45) is 7.05 Å². The Labute approximate surface area is 114 Å². The van der Waals surface area contributed by atoms with Crippen molar-refractivity contribution < 1.29 is 4.57 Å². The lowest BCUT2D eigenvalue weighted by Gasteiger charge is -1.96. The van der Waals surface area contributed by atoms with Crippen LogP contribution in [0.3, 0.4) is 0 Å². The van der Waals surface area contributed by atoms with Gasteiger partial charge in [-0.05, 0) is 18.2 Å². The maximum absolute atomic E-state index is 4.78. The van der Waals surface area contributed by atoms with E-state index in [0.29, 0.717) is 0 Å². The van der Waals surface area contributed by atoms with Crippen molar-refractivity contribution in [3.8, 4) is 11.4 Å². The van der Waals surface area contributed by atoms with Crippen LogP contribution in [0.5, 0.6) is 0 Å². The summed E-state index contributed by atoms with van der Waals surface area (Å²) in [6.45, 7) is 0.869. The first kappa shape index (κ1) is 10.1. The number of rotatable bonds is 0. The number of pyridine rings is 2. The monoisotopic (exact) mass is 262 g/mol. The summed E-state index contributed by atoms with van der Waals surface area (Å²) in [7, 11) is 2.09. The number of aryl methyl sites for hydroxylation is 1. The lowest BCUT2D eigenvalue weighted by atomic mass is 10.2. The average Bonchev–Trinajstić information content (AvgIpc) is 3.10. The highest BCUT2D eigenvalue weighted by atomic mass is 15.3. The molecule has 96 valence electrons. The molecule has 1 aliphatic rings. The number of fused-ring (bicyclic) bond motifs is 7. The Morgan fingerprint density at radius 2 is 2.20 bits per heavy atom. The molecule has 4 aromatic rings. The summed E-state index contributed by atoms with van der Waals surface area (Å²) in [6, 6.07) is 8.18. The molecule has 20 heavy (non-hydrogen) atoms. The third-order valence-electron chi connectivity index (χ3n) is 4.11. The first-order chi connectivity index (χ1) is 9.84. The Morgan fingerprint density at radius 1 is 1.25 bits per heavy atom. The normalized spacial score (nSPS) is 13.1. The first-order valence-electron chi connectivity index (χ1n) is 6.63. The number of imidazole rings is 2. The van der Waals surface area contributed by atoms with Crippen molar-refractivity contribution in [1.29, 1.82) is 0 Å². The molecule has 0 N–H and O–H groups in total. The van der Waals surface area contributed by atoms with E-state index in [4.69, 9.17) is 4.98 Å². The van der Waals surface area contributed by atoms with Gasteiger partial charge in [-0.2, -0.15) is 4.98 Å². The van der Waals surface area contributed by atoms with Gasteiger partial charge in [0.15, 0.2) is 5.65 Å². The first-order valence-corrected chi connectivity index (χ1v) is 6.63. The van der Waals surface area contributed by atoms with Gasteiger partial charge in [0.05, 0.1) is 25.4 Å². The van der Waals surface area contributed by atoms with E-state index in [0.717, 1.165) is 23.5 Å². The van der Waals surface area contributed by atoms with Gasteiger partial charge in [-0.3, -0.25) is 4.98 Å². The summed E-state index contributed by atoms with van der Waals surface area (Å²) in [6.07, 6.45) is 5.86. The Morgan fingerprint density at radius 3 is 3.15 bits per heavy atom. The molecule has 0 amide bonds. The average molecular weight is 262 g/mol. The molecule has 0 aromatic carbocycles. The van der Waals surface area contributed by atoms with Gasteiger partial charge in [0, 0.05) is 18.0 Å². The highest BCUT2D eigenvalue weighted by Gasteiger charge is 2.33. The van der Waals surface area contributed by atoms with Crippen molar-refractivity contribution in [3.63, 3.8) is 0 Å². The Bertz CT molecular complexity index is 992. The molecule has 0 saturated carbocycles. The molecule has 5 nitrogen and oxygen atoms in total. The third kappa shape index (κ3) is 1.02. The minimum absolute atomic E-state index is 0.869. The van der Waals surface area contributed by atoms with E-state index in [1.54, 1.807) is 0 Å². The van der Waals surface area contributed by atoms with Gasteiger partial charge < -0.3 is 0 Å². The number of hydrogen-bond donors (Lipinski definition) is 0. The van der Waals surface area contributed by atoms with Crippen LogP contribution in [0.15, 0.2) is 42.9 Å². The number of nitrogens with zero attached hydrogens (tertiary/aromatic N) is 5. The molecular formula is C15H12N5+. The van der Waals surface area contributed by atoms with E-state index in [-0.39, 0.29) is 0 Å². The van der Waals surface area contributed by atoms with E-state index >= 15 is 0 Å². The molecule has 5 heterocycles. The largest absolute Gasteiger partial charge is 0.294 e. The fraction of sp³-hybridized carbons (Fsp3) is 0.133. The number of hydrogen-bond acceptors (Lipinski definition) is 2. The molecule has 5 rings (SSSR count). The van der Waals surface area contributed by atoms with Gasteiger partial charge >= 0.3 is 0 Å². The summed E-state index contributed by atoms with van der Waals surface area (Å²) in [5.74, 6) is 1.18. The molecule has 4 aromatic heterocycles. The van der Waals surface area contributed by atoms with E-state index in [1.807, 2.05) is 30.6 Å². The van der Waals surface area contributed by atoms with E-state index in [1.165, 1.54) is 17.0 Å². The molecule has 0 bridgehead atoms. The fourth-order valence-corrected chi connectivity index (χ4v) is 3.25. The second-order valence-electron chi connectivity index (χ2n) is 5.19. The van der Waals surface area contributed by atoms with Crippen molar-refractivity contribution in [3.05, 3.63) is 48.4 Å². The second-order valence-corrected chi connectivity index (χ2v) is 5.19. The van der Waals surface area contributed by atoms with Crippen LogP contribution in [0, 0.1) is 0 Å². The van der Waals surface area contributed by atoms with E-state index in [9.17, 15) is 0 Å². The summed E-state index contributed by atoms with van der Waals surface area (Å²) in [5.41, 5.74) is 5.66. The van der Waals surface area contributed by atoms with Crippen molar-refractivity contribution in [2.45, 2.75) is 6.54 Å². The quantitative estimate of drug-likeness (QED) is 0.397. The maximum Gasteiger partial charge on any atom is 0.294 e. The highest BCUT2D eigenvalue weighted by Crippen LogP contribution is 2.32. The van der Waals surface area contributed by atoms with Crippen molar-refractivity contribution in [2.75, 3.05) is 0 Å². The molecule has 0 saturated heterocycles. The zero-order chi connectivity index (χ0) is 13.3. The Balaban J connectivity index is 1.98.